The van der Waals surface area contributed by atoms with Crippen molar-refractivity contribution in [2.75, 3.05) is 30.4 Å². The van der Waals surface area contributed by atoms with Crippen LogP contribution in [0.25, 0.3) is 0 Å². The van der Waals surface area contributed by atoms with Gasteiger partial charge in [-0.15, -0.1) is 0 Å². The summed E-state index contributed by atoms with van der Waals surface area (Å²) in [5.74, 6) is -1.05. The summed E-state index contributed by atoms with van der Waals surface area (Å²) in [5.41, 5.74) is 4.64. The molecule has 0 heterocycles. The molecule has 0 saturated heterocycles. The number of ether oxygens (including phenoxy) is 2. The van der Waals surface area contributed by atoms with Gasteiger partial charge in [0, 0.05) is 17.3 Å². The number of carbonyl (C=O) groups is 2. The first-order valence-electron chi connectivity index (χ1n) is 12.9. The number of rotatable bonds is 11. The Bertz CT molecular complexity index is 1730. The van der Waals surface area contributed by atoms with Crippen molar-refractivity contribution in [3.63, 3.8) is 0 Å². The monoisotopic (exact) mass is 604 g/mol. The van der Waals surface area contributed by atoms with Gasteiger partial charge in [0.05, 0.1) is 30.5 Å². The van der Waals surface area contributed by atoms with E-state index >= 15 is 0 Å². The summed E-state index contributed by atoms with van der Waals surface area (Å²) in [5, 5.41) is 6.92. The molecule has 0 saturated carbocycles. The molecule has 4 rings (SSSR count). The zero-order valence-corrected chi connectivity index (χ0v) is 24.4. The largest absolute Gasteiger partial charge is 0.493 e. The second-order valence-corrected chi connectivity index (χ2v) is 11.0. The van der Waals surface area contributed by atoms with Crippen LogP contribution in [0.4, 0.5) is 15.8 Å². The number of benzene rings is 4. The molecule has 2 amide bonds. The molecular formula is C31H29FN4O6S. The number of hydrazone groups is 1. The number of hydrogen-bond donors (Lipinski definition) is 2. The lowest BCUT2D eigenvalue weighted by Crippen LogP contribution is -2.39. The second kappa shape index (κ2) is 13.6. The third-order valence-electron chi connectivity index (χ3n) is 6.29. The van der Waals surface area contributed by atoms with Crippen LogP contribution in [0.3, 0.4) is 0 Å². The summed E-state index contributed by atoms with van der Waals surface area (Å²) in [4.78, 5) is 25.2. The van der Waals surface area contributed by atoms with Crippen LogP contribution < -0.4 is 24.5 Å². The van der Waals surface area contributed by atoms with Crippen LogP contribution in [-0.2, 0) is 14.8 Å². The molecule has 0 radical (unpaired) electrons. The van der Waals surface area contributed by atoms with Crippen molar-refractivity contribution in [3.8, 4) is 11.5 Å². The Kier molecular flexibility index (Phi) is 9.73. The number of carbonyl (C=O) groups excluding carboxylic acids is 2. The van der Waals surface area contributed by atoms with Crippen LogP contribution in [0.15, 0.2) is 107 Å². The highest BCUT2D eigenvalue weighted by atomic mass is 32.2. The van der Waals surface area contributed by atoms with E-state index in [1.165, 1.54) is 44.6 Å². The van der Waals surface area contributed by atoms with Crippen LogP contribution in [0.1, 0.15) is 22.8 Å². The Morgan fingerprint density at radius 2 is 1.49 bits per heavy atom. The molecule has 10 nitrogen and oxygen atoms in total. The van der Waals surface area contributed by atoms with Gasteiger partial charge in [-0.3, -0.25) is 13.9 Å². The van der Waals surface area contributed by atoms with Gasteiger partial charge >= 0.3 is 0 Å². The number of hydrogen-bond acceptors (Lipinski definition) is 7. The Morgan fingerprint density at radius 1 is 0.837 bits per heavy atom. The summed E-state index contributed by atoms with van der Waals surface area (Å²) >= 11 is 0. The Hall–Kier alpha value is -5.23. The molecule has 0 aliphatic carbocycles. The predicted octanol–water partition coefficient (Wildman–Crippen LogP) is 4.83. The van der Waals surface area contributed by atoms with Crippen LogP contribution in [0.2, 0.25) is 0 Å². The van der Waals surface area contributed by atoms with E-state index in [4.69, 9.17) is 9.47 Å². The van der Waals surface area contributed by atoms with Gasteiger partial charge in [-0.25, -0.2) is 18.2 Å². The Balaban J connectivity index is 1.50. The van der Waals surface area contributed by atoms with Gasteiger partial charge in [-0.1, -0.05) is 30.3 Å². The molecule has 43 heavy (non-hydrogen) atoms. The van der Waals surface area contributed by atoms with E-state index in [9.17, 15) is 22.4 Å². The lowest BCUT2D eigenvalue weighted by atomic mass is 10.1. The quantitative estimate of drug-likeness (QED) is 0.187. The van der Waals surface area contributed by atoms with Gasteiger partial charge in [0.15, 0.2) is 11.5 Å². The molecule has 0 atom stereocenters. The molecule has 0 aliphatic rings. The van der Waals surface area contributed by atoms with Crippen molar-refractivity contribution >= 4 is 38.9 Å². The summed E-state index contributed by atoms with van der Waals surface area (Å²) in [6.45, 7) is 1.01. The maximum atomic E-state index is 13.7. The minimum absolute atomic E-state index is 0.0696. The third-order valence-corrected chi connectivity index (χ3v) is 8.06. The van der Waals surface area contributed by atoms with E-state index in [2.05, 4.69) is 15.8 Å². The van der Waals surface area contributed by atoms with Gasteiger partial charge in [0.1, 0.15) is 12.4 Å². The zero-order valence-electron chi connectivity index (χ0n) is 23.6. The van der Waals surface area contributed by atoms with Crippen LogP contribution >= 0.6 is 0 Å². The van der Waals surface area contributed by atoms with Crippen molar-refractivity contribution in [1.29, 1.82) is 0 Å². The van der Waals surface area contributed by atoms with Gasteiger partial charge in [0.2, 0.25) is 0 Å². The zero-order chi connectivity index (χ0) is 31.0. The lowest BCUT2D eigenvalue weighted by Gasteiger charge is -2.24. The number of amides is 2. The highest BCUT2D eigenvalue weighted by Gasteiger charge is 2.28. The molecule has 0 unspecified atom stereocenters. The van der Waals surface area contributed by atoms with Crippen LogP contribution in [0, 0.1) is 5.82 Å². The Morgan fingerprint density at radius 3 is 2.12 bits per heavy atom. The molecule has 0 bridgehead atoms. The number of sulfonamides is 1. The topological polar surface area (TPSA) is 126 Å². The van der Waals surface area contributed by atoms with Crippen molar-refractivity contribution in [2.24, 2.45) is 5.10 Å². The average molecular weight is 605 g/mol. The average Bonchev–Trinajstić information content (AvgIpc) is 3.03. The fourth-order valence-corrected chi connectivity index (χ4v) is 5.43. The summed E-state index contributed by atoms with van der Waals surface area (Å²) < 4.78 is 52.2. The van der Waals surface area contributed by atoms with E-state index < -0.39 is 28.3 Å². The molecule has 222 valence electrons. The molecular weight excluding hydrogens is 575 g/mol. The van der Waals surface area contributed by atoms with Crippen molar-refractivity contribution in [1.82, 2.24) is 5.43 Å². The number of nitrogens with zero attached hydrogens (tertiary/aromatic N) is 2. The highest BCUT2D eigenvalue weighted by Crippen LogP contribution is 2.32. The van der Waals surface area contributed by atoms with Crippen LogP contribution in [-0.4, -0.2) is 46.7 Å². The number of nitrogens with one attached hydrogen (secondary N) is 2. The normalized spacial score (nSPS) is 11.4. The summed E-state index contributed by atoms with van der Waals surface area (Å²) in [6, 6.07) is 24.4. The lowest BCUT2D eigenvalue weighted by molar-refractivity contribution is -0.119. The number of halogens is 1. The first kappa shape index (κ1) is 30.7. The first-order valence-corrected chi connectivity index (χ1v) is 14.4. The number of methoxy groups -OCH3 is 2. The van der Waals surface area contributed by atoms with Gasteiger partial charge in [0.25, 0.3) is 21.8 Å². The molecule has 0 aliphatic heterocycles. The third kappa shape index (κ3) is 7.54. The standard InChI is InChI=1S/C31H29FN4O6S/c1-21(22-9-13-25(14-10-22)33-31(38)23-7-5-4-6-8-23)34-35-30(37)20-36(26-15-11-24(32)12-16-26)43(39,40)27-17-18-28(41-2)29(19-27)42-3/h4-19H,20H2,1-3H3,(H,33,38)(H,35,37)/b34-21-. The molecule has 0 fully saturated rings. The molecule has 0 spiro atoms. The molecule has 0 aromatic heterocycles. The van der Waals surface area contributed by atoms with E-state index in [1.54, 1.807) is 55.5 Å². The van der Waals surface area contributed by atoms with E-state index in [0.29, 0.717) is 28.3 Å². The molecule has 2 N–H and O–H groups in total. The van der Waals surface area contributed by atoms with Gasteiger partial charge in [-0.2, -0.15) is 5.10 Å². The van der Waals surface area contributed by atoms with Crippen molar-refractivity contribution < 1.29 is 31.9 Å². The maximum Gasteiger partial charge on any atom is 0.264 e. The van der Waals surface area contributed by atoms with Crippen molar-refractivity contribution in [2.45, 2.75) is 11.8 Å². The molecule has 4 aromatic carbocycles. The minimum atomic E-state index is -4.31. The fourth-order valence-electron chi connectivity index (χ4n) is 3.99. The van der Waals surface area contributed by atoms with Gasteiger partial charge in [-0.05, 0) is 73.2 Å². The summed E-state index contributed by atoms with van der Waals surface area (Å²) in [7, 11) is -1.53. The molecule has 4 aromatic rings. The predicted molar refractivity (Wildman–Crippen MR) is 162 cm³/mol. The first-order chi connectivity index (χ1) is 20.6. The fraction of sp³-hybridized carbons (Fsp3) is 0.129. The summed E-state index contributed by atoms with van der Waals surface area (Å²) in [6.07, 6.45) is 0. The SMILES string of the molecule is COc1ccc(S(=O)(=O)N(CC(=O)N/N=C(/C)c2ccc(NC(=O)c3ccccc3)cc2)c2ccc(F)cc2)cc1OC. The van der Waals surface area contributed by atoms with E-state index in [1.807, 2.05) is 6.07 Å². The Labute approximate surface area is 248 Å². The van der Waals surface area contributed by atoms with Gasteiger partial charge < -0.3 is 14.8 Å². The van der Waals surface area contributed by atoms with E-state index in [0.717, 1.165) is 16.4 Å². The van der Waals surface area contributed by atoms with Crippen molar-refractivity contribution in [3.05, 3.63) is 114 Å². The molecule has 12 heteroatoms. The smallest absolute Gasteiger partial charge is 0.264 e. The highest BCUT2D eigenvalue weighted by molar-refractivity contribution is 7.92. The number of anilines is 2. The minimum Gasteiger partial charge on any atom is -0.493 e. The second-order valence-electron chi connectivity index (χ2n) is 9.13. The maximum absolute atomic E-state index is 13.7. The van der Waals surface area contributed by atoms with E-state index in [-0.39, 0.29) is 22.2 Å². The van der Waals surface area contributed by atoms with Crippen LogP contribution in [0.5, 0.6) is 11.5 Å².